The van der Waals surface area contributed by atoms with E-state index in [1.807, 2.05) is 6.07 Å². The molecule has 2 N–H and O–H groups in total. The average Bonchev–Trinajstić information content (AvgIpc) is 3.02. The van der Waals surface area contributed by atoms with E-state index in [0.29, 0.717) is 29.7 Å². The molecule has 1 aromatic carbocycles. The second-order valence-electron chi connectivity index (χ2n) is 5.51. The number of aromatic nitrogens is 3. The zero-order chi connectivity index (χ0) is 16.7. The van der Waals surface area contributed by atoms with Gasteiger partial charge in [-0.1, -0.05) is 0 Å². The van der Waals surface area contributed by atoms with Crippen molar-refractivity contribution < 1.29 is 19.0 Å². The number of halogens is 1. The SMILES string of the molecule is O=C(O)N1CCc2c(ncnc2Oc2cc3cc[nH]c3cc2F)C1. The van der Waals surface area contributed by atoms with Crippen LogP contribution in [0.2, 0.25) is 0 Å². The lowest BCUT2D eigenvalue weighted by atomic mass is 10.1. The lowest BCUT2D eigenvalue weighted by Gasteiger charge is -2.26. The summed E-state index contributed by atoms with van der Waals surface area (Å²) in [7, 11) is 0. The maximum atomic E-state index is 14.2. The van der Waals surface area contributed by atoms with E-state index in [1.54, 1.807) is 12.3 Å². The van der Waals surface area contributed by atoms with Crippen LogP contribution in [0, 0.1) is 5.82 Å². The number of ether oxygens (including phenoxy) is 1. The summed E-state index contributed by atoms with van der Waals surface area (Å²) in [5.74, 6) is -0.164. The van der Waals surface area contributed by atoms with Gasteiger partial charge >= 0.3 is 6.09 Å². The van der Waals surface area contributed by atoms with Crippen molar-refractivity contribution in [3.05, 3.63) is 47.8 Å². The Morgan fingerprint density at radius 3 is 3.08 bits per heavy atom. The first-order valence-corrected chi connectivity index (χ1v) is 7.37. The summed E-state index contributed by atoms with van der Waals surface area (Å²) < 4.78 is 19.9. The topological polar surface area (TPSA) is 91.3 Å². The molecule has 0 bridgehead atoms. The minimum absolute atomic E-state index is 0.0728. The van der Waals surface area contributed by atoms with Crippen LogP contribution in [0.1, 0.15) is 11.3 Å². The summed E-state index contributed by atoms with van der Waals surface area (Å²) >= 11 is 0. The van der Waals surface area contributed by atoms with Gasteiger partial charge in [0.05, 0.1) is 12.2 Å². The third-order valence-electron chi connectivity index (χ3n) is 4.05. The van der Waals surface area contributed by atoms with E-state index in [0.717, 1.165) is 5.39 Å². The fourth-order valence-corrected chi connectivity index (χ4v) is 2.81. The molecule has 24 heavy (non-hydrogen) atoms. The Bertz CT molecular complexity index is 940. The summed E-state index contributed by atoms with van der Waals surface area (Å²) in [6.45, 7) is 0.494. The van der Waals surface area contributed by atoms with Crippen molar-refractivity contribution in [2.75, 3.05) is 6.54 Å². The lowest BCUT2D eigenvalue weighted by molar-refractivity contribution is 0.138. The van der Waals surface area contributed by atoms with Gasteiger partial charge in [-0.15, -0.1) is 0 Å². The minimum Gasteiger partial charge on any atom is -0.465 e. The molecule has 3 aromatic rings. The van der Waals surface area contributed by atoms with Crippen molar-refractivity contribution in [1.29, 1.82) is 0 Å². The molecule has 1 aliphatic heterocycles. The molecule has 0 radical (unpaired) electrons. The number of benzene rings is 1. The standard InChI is InChI=1S/C16H13FN4O3/c17-11-6-12-9(1-3-18-12)5-14(11)24-15-10-2-4-21(16(22)23)7-13(10)19-8-20-15/h1,3,5-6,8,18H,2,4,7H2,(H,22,23). The van der Waals surface area contributed by atoms with Crippen LogP contribution >= 0.6 is 0 Å². The molecular weight excluding hydrogens is 315 g/mol. The van der Waals surface area contributed by atoms with Crippen molar-refractivity contribution in [3.8, 4) is 11.6 Å². The molecule has 1 aliphatic rings. The zero-order valence-electron chi connectivity index (χ0n) is 12.5. The highest BCUT2D eigenvalue weighted by atomic mass is 19.1. The van der Waals surface area contributed by atoms with Crippen molar-refractivity contribution in [3.63, 3.8) is 0 Å². The van der Waals surface area contributed by atoms with Crippen LogP contribution in [0.4, 0.5) is 9.18 Å². The maximum absolute atomic E-state index is 14.2. The van der Waals surface area contributed by atoms with Gasteiger partial charge in [0.1, 0.15) is 6.33 Å². The van der Waals surface area contributed by atoms with Gasteiger partial charge in [0.25, 0.3) is 0 Å². The number of carboxylic acid groups (broad SMARTS) is 1. The van der Waals surface area contributed by atoms with Crippen molar-refractivity contribution in [1.82, 2.24) is 19.9 Å². The van der Waals surface area contributed by atoms with E-state index in [4.69, 9.17) is 9.84 Å². The van der Waals surface area contributed by atoms with E-state index in [2.05, 4.69) is 15.0 Å². The Labute approximate surface area is 135 Å². The molecule has 3 heterocycles. The third-order valence-corrected chi connectivity index (χ3v) is 4.05. The van der Waals surface area contributed by atoms with Crippen molar-refractivity contribution in [2.24, 2.45) is 0 Å². The number of aromatic amines is 1. The molecule has 0 saturated carbocycles. The van der Waals surface area contributed by atoms with E-state index >= 15 is 0 Å². The molecule has 122 valence electrons. The number of fused-ring (bicyclic) bond motifs is 2. The van der Waals surface area contributed by atoms with Crippen molar-refractivity contribution in [2.45, 2.75) is 13.0 Å². The maximum Gasteiger partial charge on any atom is 0.407 e. The highest BCUT2D eigenvalue weighted by molar-refractivity contribution is 5.81. The molecular formula is C16H13FN4O3. The highest BCUT2D eigenvalue weighted by Crippen LogP contribution is 2.31. The Kier molecular flexibility index (Phi) is 3.30. The quantitative estimate of drug-likeness (QED) is 0.755. The van der Waals surface area contributed by atoms with Crippen LogP contribution in [-0.2, 0) is 13.0 Å². The van der Waals surface area contributed by atoms with Gasteiger partial charge < -0.3 is 19.7 Å². The van der Waals surface area contributed by atoms with Crippen LogP contribution in [0.15, 0.2) is 30.7 Å². The molecule has 1 amide bonds. The highest BCUT2D eigenvalue weighted by Gasteiger charge is 2.25. The van der Waals surface area contributed by atoms with Crippen LogP contribution in [0.3, 0.4) is 0 Å². The number of nitrogens with one attached hydrogen (secondary N) is 1. The second kappa shape index (κ2) is 5.48. The van der Waals surface area contributed by atoms with E-state index in [9.17, 15) is 9.18 Å². The van der Waals surface area contributed by atoms with E-state index < -0.39 is 11.9 Å². The number of H-pyrrole nitrogens is 1. The number of rotatable bonds is 2. The summed E-state index contributed by atoms with van der Waals surface area (Å²) in [6.07, 6.45) is 2.45. The molecule has 0 saturated heterocycles. The van der Waals surface area contributed by atoms with Crippen LogP contribution in [-0.4, -0.2) is 37.6 Å². The molecule has 2 aromatic heterocycles. The summed E-state index contributed by atoms with van der Waals surface area (Å²) in [5, 5.41) is 9.91. The molecule has 4 rings (SSSR count). The van der Waals surface area contributed by atoms with Gasteiger partial charge in [0.2, 0.25) is 5.88 Å². The van der Waals surface area contributed by atoms with Gasteiger partial charge in [-0.05, 0) is 18.6 Å². The normalized spacial score (nSPS) is 13.8. The predicted molar refractivity (Wildman–Crippen MR) is 82.5 cm³/mol. The summed E-state index contributed by atoms with van der Waals surface area (Å²) in [5.41, 5.74) is 1.97. The molecule has 7 nitrogen and oxygen atoms in total. The van der Waals surface area contributed by atoms with E-state index in [1.165, 1.54) is 17.3 Å². The number of hydrogen-bond acceptors (Lipinski definition) is 4. The fourth-order valence-electron chi connectivity index (χ4n) is 2.81. The first-order chi connectivity index (χ1) is 11.6. The van der Waals surface area contributed by atoms with E-state index in [-0.39, 0.29) is 18.2 Å². The van der Waals surface area contributed by atoms with Crippen LogP contribution < -0.4 is 4.74 Å². The van der Waals surface area contributed by atoms with Gasteiger partial charge in [-0.2, -0.15) is 0 Å². The Morgan fingerprint density at radius 2 is 2.25 bits per heavy atom. The van der Waals surface area contributed by atoms with Crippen LogP contribution in [0.5, 0.6) is 11.6 Å². The average molecular weight is 328 g/mol. The molecule has 0 atom stereocenters. The Balaban J connectivity index is 1.69. The second-order valence-corrected chi connectivity index (χ2v) is 5.51. The first kappa shape index (κ1) is 14.4. The number of hydrogen-bond donors (Lipinski definition) is 2. The largest absolute Gasteiger partial charge is 0.465 e. The minimum atomic E-state index is -0.995. The van der Waals surface area contributed by atoms with Crippen molar-refractivity contribution >= 4 is 17.0 Å². The Hall–Kier alpha value is -3.16. The summed E-state index contributed by atoms with van der Waals surface area (Å²) in [6, 6.07) is 4.79. The number of nitrogens with zero attached hydrogens (tertiary/aromatic N) is 3. The third kappa shape index (κ3) is 2.41. The number of carbonyl (C=O) groups is 1. The van der Waals surface area contributed by atoms with Gasteiger partial charge in [-0.3, -0.25) is 0 Å². The van der Waals surface area contributed by atoms with Gasteiger partial charge in [0.15, 0.2) is 11.6 Å². The smallest absolute Gasteiger partial charge is 0.407 e. The fraction of sp³-hybridized carbons (Fsp3) is 0.188. The molecule has 0 spiro atoms. The molecule has 8 heteroatoms. The summed E-state index contributed by atoms with van der Waals surface area (Å²) in [4.78, 5) is 23.5. The van der Waals surface area contributed by atoms with Gasteiger partial charge in [0, 0.05) is 35.3 Å². The predicted octanol–water partition coefficient (Wildman–Crippen LogP) is 2.93. The first-order valence-electron chi connectivity index (χ1n) is 7.37. The van der Waals surface area contributed by atoms with Gasteiger partial charge in [-0.25, -0.2) is 19.2 Å². The Morgan fingerprint density at radius 1 is 1.38 bits per heavy atom. The number of amides is 1. The lowest BCUT2D eigenvalue weighted by Crippen LogP contribution is -2.35. The van der Waals surface area contributed by atoms with Crippen LogP contribution in [0.25, 0.3) is 10.9 Å². The molecule has 0 aliphatic carbocycles. The monoisotopic (exact) mass is 328 g/mol. The zero-order valence-corrected chi connectivity index (χ0v) is 12.5. The molecule has 0 unspecified atom stereocenters. The molecule has 0 fully saturated rings.